The van der Waals surface area contributed by atoms with Crippen LogP contribution in [-0.4, -0.2) is 30.8 Å². The summed E-state index contributed by atoms with van der Waals surface area (Å²) in [6.07, 6.45) is 3.42. The molecule has 0 aliphatic heterocycles. The number of hydrogen-bond donors (Lipinski definition) is 3. The lowest BCUT2D eigenvalue weighted by molar-refractivity contribution is 0.262. The highest BCUT2D eigenvalue weighted by Gasteiger charge is 2.22. The van der Waals surface area contributed by atoms with Crippen LogP contribution < -0.4 is 20.7 Å². The monoisotopic (exact) mass is 626 g/mol. The van der Waals surface area contributed by atoms with E-state index < -0.39 is 0 Å². The fraction of sp³-hybridized carbons (Fsp3) is 0.216. The molecule has 0 fully saturated rings. The van der Waals surface area contributed by atoms with Gasteiger partial charge in [-0.1, -0.05) is 62.7 Å². The zero-order valence-electron chi connectivity index (χ0n) is 27.4. The number of ether oxygens (including phenoxy) is 1. The Labute approximate surface area is 274 Å². The summed E-state index contributed by atoms with van der Waals surface area (Å²) in [5, 5.41) is 15.8. The van der Waals surface area contributed by atoms with Crippen LogP contribution in [0.2, 0.25) is 0 Å². The molecule has 0 atom stereocenters. The second-order valence-electron chi connectivity index (χ2n) is 12.5. The molecule has 2 amide bonds. The van der Waals surface area contributed by atoms with Gasteiger partial charge in [0.2, 0.25) is 0 Å². The fourth-order valence-corrected chi connectivity index (χ4v) is 5.02. The maximum atomic E-state index is 13.4. The molecule has 3 N–H and O–H groups in total. The van der Waals surface area contributed by atoms with Crippen LogP contribution >= 0.6 is 0 Å². The van der Waals surface area contributed by atoms with E-state index >= 15 is 0 Å². The first-order valence-corrected chi connectivity index (χ1v) is 15.5. The summed E-state index contributed by atoms with van der Waals surface area (Å²) in [6, 6.07) is 25.0. The topological polar surface area (TPSA) is 119 Å². The number of hydrogen-bond acceptors (Lipinski definition) is 7. The van der Waals surface area contributed by atoms with Crippen LogP contribution in [0.15, 0.2) is 91.3 Å². The van der Waals surface area contributed by atoms with E-state index in [9.17, 15) is 4.79 Å². The molecule has 0 aliphatic carbocycles. The number of amides is 2. The number of rotatable bonds is 8. The van der Waals surface area contributed by atoms with Gasteiger partial charge in [-0.3, -0.25) is 10.3 Å². The standard InChI is InChI=1S/C37H38N8O2/c1-23-11-13-27(14-12-23)45-35(20-32(44-45)37(4,5)6)43-36(46)41-30-15-16-31(29-10-8-7-9-28(29)30)47-22-26-17-18-38-33(19-26)42-34-21-39-24(2)25(3)40-34/h7-21H,22H2,1-6H3,(H,38,40,42)(H2,41,43,46). The van der Waals surface area contributed by atoms with Crippen LogP contribution in [0.1, 0.15) is 49.0 Å². The number of carbonyl (C=O) groups is 1. The molecule has 238 valence electrons. The Morgan fingerprint density at radius 2 is 1.60 bits per heavy atom. The molecule has 0 radical (unpaired) electrons. The summed E-state index contributed by atoms with van der Waals surface area (Å²) < 4.78 is 8.05. The number of benzene rings is 3. The number of fused-ring (bicyclic) bond motifs is 1. The Balaban J connectivity index is 1.18. The van der Waals surface area contributed by atoms with Crippen molar-refractivity contribution in [1.29, 1.82) is 0 Å². The first-order valence-electron chi connectivity index (χ1n) is 15.5. The summed E-state index contributed by atoms with van der Waals surface area (Å²) in [7, 11) is 0. The number of aryl methyl sites for hydroxylation is 3. The number of carbonyl (C=O) groups excluding carboxylic acids is 1. The smallest absolute Gasteiger partial charge is 0.324 e. The zero-order chi connectivity index (χ0) is 33.1. The van der Waals surface area contributed by atoms with Crippen molar-refractivity contribution < 1.29 is 9.53 Å². The van der Waals surface area contributed by atoms with Gasteiger partial charge in [0, 0.05) is 28.5 Å². The third-order valence-electron chi connectivity index (χ3n) is 7.80. The molecule has 0 saturated heterocycles. The molecule has 0 aliphatic rings. The molecule has 0 spiro atoms. The van der Waals surface area contributed by atoms with Gasteiger partial charge in [-0.25, -0.2) is 19.4 Å². The number of nitrogens with zero attached hydrogens (tertiary/aromatic N) is 5. The molecular weight excluding hydrogens is 588 g/mol. The van der Waals surface area contributed by atoms with Crippen molar-refractivity contribution in [3.63, 3.8) is 0 Å². The molecule has 10 nitrogen and oxygen atoms in total. The summed E-state index contributed by atoms with van der Waals surface area (Å²) in [5.41, 5.74) is 6.03. The Morgan fingerprint density at radius 1 is 0.830 bits per heavy atom. The molecule has 6 aromatic rings. The predicted octanol–water partition coefficient (Wildman–Crippen LogP) is 8.40. The fourth-order valence-electron chi connectivity index (χ4n) is 5.02. The Bertz CT molecular complexity index is 2060. The normalized spacial score (nSPS) is 11.4. The van der Waals surface area contributed by atoms with Gasteiger partial charge in [0.1, 0.15) is 29.8 Å². The Morgan fingerprint density at radius 3 is 2.34 bits per heavy atom. The molecule has 3 heterocycles. The van der Waals surface area contributed by atoms with Gasteiger partial charge in [0.25, 0.3) is 0 Å². The predicted molar refractivity (Wildman–Crippen MR) is 187 cm³/mol. The van der Waals surface area contributed by atoms with E-state index in [2.05, 4.69) is 51.7 Å². The highest BCUT2D eigenvalue weighted by atomic mass is 16.5. The van der Waals surface area contributed by atoms with E-state index in [1.807, 2.05) is 99.6 Å². The van der Waals surface area contributed by atoms with E-state index in [0.29, 0.717) is 35.5 Å². The molecule has 3 aromatic carbocycles. The van der Waals surface area contributed by atoms with Gasteiger partial charge in [-0.05, 0) is 62.7 Å². The number of aromatic nitrogens is 5. The van der Waals surface area contributed by atoms with Crippen molar-refractivity contribution in [1.82, 2.24) is 24.7 Å². The second kappa shape index (κ2) is 12.9. The lowest BCUT2D eigenvalue weighted by Crippen LogP contribution is -2.21. The molecule has 47 heavy (non-hydrogen) atoms. The molecule has 0 saturated carbocycles. The van der Waals surface area contributed by atoms with Crippen LogP contribution in [-0.2, 0) is 12.0 Å². The third kappa shape index (κ3) is 7.22. The van der Waals surface area contributed by atoms with Gasteiger partial charge < -0.3 is 15.4 Å². The first-order chi connectivity index (χ1) is 22.5. The van der Waals surface area contributed by atoms with Gasteiger partial charge in [-0.15, -0.1) is 0 Å². The van der Waals surface area contributed by atoms with Crippen molar-refractivity contribution in [3.8, 4) is 11.4 Å². The van der Waals surface area contributed by atoms with Crippen LogP contribution in [0, 0.1) is 20.8 Å². The molecule has 0 bridgehead atoms. The van der Waals surface area contributed by atoms with Gasteiger partial charge in [0.15, 0.2) is 0 Å². The van der Waals surface area contributed by atoms with Crippen LogP contribution in [0.25, 0.3) is 16.5 Å². The Hall–Kier alpha value is -5.77. The average molecular weight is 627 g/mol. The lowest BCUT2D eigenvalue weighted by Gasteiger charge is -2.15. The highest BCUT2D eigenvalue weighted by molar-refractivity contribution is 6.07. The third-order valence-corrected chi connectivity index (χ3v) is 7.80. The molecular formula is C37H38N8O2. The van der Waals surface area contributed by atoms with E-state index in [-0.39, 0.29) is 11.4 Å². The minimum Gasteiger partial charge on any atom is -0.488 e. The van der Waals surface area contributed by atoms with E-state index in [1.165, 1.54) is 0 Å². The summed E-state index contributed by atoms with van der Waals surface area (Å²) in [6.45, 7) is 12.5. The minimum atomic E-state index is -0.372. The zero-order valence-corrected chi connectivity index (χ0v) is 27.4. The Kier molecular flexibility index (Phi) is 8.58. The number of pyridine rings is 1. The lowest BCUT2D eigenvalue weighted by atomic mass is 9.92. The van der Waals surface area contributed by atoms with Crippen molar-refractivity contribution in [2.45, 2.75) is 53.6 Å². The second-order valence-corrected chi connectivity index (χ2v) is 12.5. The summed E-state index contributed by atoms with van der Waals surface area (Å²) >= 11 is 0. The van der Waals surface area contributed by atoms with E-state index in [0.717, 1.165) is 44.7 Å². The number of anilines is 4. The largest absolute Gasteiger partial charge is 0.488 e. The highest BCUT2D eigenvalue weighted by Crippen LogP contribution is 2.33. The van der Waals surface area contributed by atoms with Crippen molar-refractivity contribution in [2.75, 3.05) is 16.0 Å². The van der Waals surface area contributed by atoms with Crippen LogP contribution in [0.4, 0.5) is 27.9 Å². The molecule has 0 unspecified atom stereocenters. The number of urea groups is 1. The van der Waals surface area contributed by atoms with Crippen LogP contribution in [0.5, 0.6) is 5.75 Å². The van der Waals surface area contributed by atoms with Gasteiger partial charge in [0.05, 0.1) is 34.7 Å². The molecule has 6 rings (SSSR count). The van der Waals surface area contributed by atoms with Crippen molar-refractivity contribution in [2.24, 2.45) is 0 Å². The molecule has 10 heteroatoms. The van der Waals surface area contributed by atoms with Crippen LogP contribution in [0.3, 0.4) is 0 Å². The number of nitrogens with one attached hydrogen (secondary N) is 3. The quantitative estimate of drug-likeness (QED) is 0.155. The van der Waals surface area contributed by atoms with Crippen molar-refractivity contribution in [3.05, 3.63) is 119 Å². The SMILES string of the molecule is Cc1ccc(-n2nc(C(C)(C)C)cc2NC(=O)Nc2ccc(OCc3ccnc(Nc4cnc(C)c(C)n4)c3)c3ccccc23)cc1. The average Bonchev–Trinajstić information content (AvgIpc) is 3.47. The van der Waals surface area contributed by atoms with Crippen molar-refractivity contribution >= 4 is 39.9 Å². The minimum absolute atomic E-state index is 0.196. The molecule has 3 aromatic heterocycles. The maximum absolute atomic E-state index is 13.4. The summed E-state index contributed by atoms with van der Waals surface area (Å²) in [5.74, 6) is 2.56. The van der Waals surface area contributed by atoms with Gasteiger partial charge in [-0.2, -0.15) is 5.10 Å². The van der Waals surface area contributed by atoms with E-state index in [1.54, 1.807) is 17.1 Å². The summed E-state index contributed by atoms with van der Waals surface area (Å²) in [4.78, 5) is 26.7. The maximum Gasteiger partial charge on any atom is 0.324 e. The first kappa shape index (κ1) is 31.2. The van der Waals surface area contributed by atoms with Gasteiger partial charge >= 0.3 is 6.03 Å². The van der Waals surface area contributed by atoms with E-state index in [4.69, 9.17) is 9.84 Å².